The van der Waals surface area contributed by atoms with Crippen LogP contribution in [0.4, 0.5) is 5.69 Å². The number of aryl methyl sites for hydroxylation is 1. The molecule has 0 aliphatic carbocycles. The quantitative estimate of drug-likeness (QED) is 0.612. The number of benzene rings is 1. The topological polar surface area (TPSA) is 47.6 Å². The van der Waals surface area contributed by atoms with E-state index in [1.807, 2.05) is 25.1 Å². The largest absolute Gasteiger partial charge is 0.489 e. The summed E-state index contributed by atoms with van der Waals surface area (Å²) in [6.07, 6.45) is 0.285. The van der Waals surface area contributed by atoms with Crippen LogP contribution in [0.5, 0.6) is 5.75 Å². The lowest BCUT2D eigenvalue weighted by Gasteiger charge is -2.13. The summed E-state index contributed by atoms with van der Waals surface area (Å²) in [6.45, 7) is 2.91. The van der Waals surface area contributed by atoms with Crippen molar-refractivity contribution in [2.45, 2.75) is 13.3 Å². The molecule has 0 aliphatic heterocycles. The zero-order valence-electron chi connectivity index (χ0n) is 10.7. The number of ether oxygens (including phenoxy) is 2. The zero-order chi connectivity index (χ0) is 13.4. The number of alkyl halides is 1. The fourth-order valence-corrected chi connectivity index (χ4v) is 1.56. The molecule has 0 spiro atoms. The second-order valence-corrected chi connectivity index (χ2v) is 4.21. The number of methoxy groups -OCH3 is 1. The third kappa shape index (κ3) is 4.94. The van der Waals surface area contributed by atoms with Crippen molar-refractivity contribution in [1.29, 1.82) is 0 Å². The molecule has 1 rings (SSSR count). The lowest BCUT2D eigenvalue weighted by molar-refractivity contribution is -0.115. The summed E-state index contributed by atoms with van der Waals surface area (Å²) in [5, 5.41) is 2.78. The van der Waals surface area contributed by atoms with Crippen LogP contribution in [0.1, 0.15) is 12.0 Å². The van der Waals surface area contributed by atoms with Gasteiger partial charge in [0, 0.05) is 19.4 Å². The third-order valence-electron chi connectivity index (χ3n) is 2.28. The predicted octanol–water partition coefficient (Wildman–Crippen LogP) is 2.59. The van der Waals surface area contributed by atoms with Crippen molar-refractivity contribution in [3.8, 4) is 5.75 Å². The van der Waals surface area contributed by atoms with Crippen LogP contribution >= 0.6 is 11.6 Å². The molecule has 5 heteroatoms. The molecule has 0 aromatic heterocycles. The second kappa shape index (κ2) is 7.95. The number of anilines is 1. The van der Waals surface area contributed by atoms with Crippen LogP contribution in [0.25, 0.3) is 0 Å². The SMILES string of the molecule is COCCOc1cc(C)ccc1NC(=O)CCCl. The van der Waals surface area contributed by atoms with Crippen LogP contribution in [0, 0.1) is 6.92 Å². The Hall–Kier alpha value is -1.26. The fraction of sp³-hybridized carbons (Fsp3) is 0.462. The van der Waals surface area contributed by atoms with E-state index in [4.69, 9.17) is 21.1 Å². The van der Waals surface area contributed by atoms with Crippen LogP contribution in [0.3, 0.4) is 0 Å². The van der Waals surface area contributed by atoms with Gasteiger partial charge in [-0.05, 0) is 24.6 Å². The molecule has 0 saturated heterocycles. The number of nitrogens with one attached hydrogen (secondary N) is 1. The van der Waals surface area contributed by atoms with Gasteiger partial charge in [-0.2, -0.15) is 0 Å². The van der Waals surface area contributed by atoms with Crippen molar-refractivity contribution >= 4 is 23.2 Å². The zero-order valence-corrected chi connectivity index (χ0v) is 11.4. The van der Waals surface area contributed by atoms with E-state index in [2.05, 4.69) is 5.32 Å². The van der Waals surface area contributed by atoms with Gasteiger partial charge in [0.15, 0.2) is 0 Å². The van der Waals surface area contributed by atoms with Gasteiger partial charge in [-0.25, -0.2) is 0 Å². The standard InChI is InChI=1S/C13H18ClNO3/c1-10-3-4-11(15-13(16)5-6-14)12(9-10)18-8-7-17-2/h3-4,9H,5-8H2,1-2H3,(H,15,16). The van der Waals surface area contributed by atoms with Gasteiger partial charge in [0.2, 0.25) is 5.91 Å². The molecule has 0 aliphatic rings. The lowest BCUT2D eigenvalue weighted by Crippen LogP contribution is -2.13. The van der Waals surface area contributed by atoms with Crippen LogP contribution in [-0.2, 0) is 9.53 Å². The van der Waals surface area contributed by atoms with Crippen molar-refractivity contribution in [3.05, 3.63) is 23.8 Å². The Morgan fingerprint density at radius 3 is 2.83 bits per heavy atom. The number of hydrogen-bond acceptors (Lipinski definition) is 3. The summed E-state index contributed by atoms with van der Waals surface area (Å²) < 4.78 is 10.5. The fourth-order valence-electron chi connectivity index (χ4n) is 1.39. The highest BCUT2D eigenvalue weighted by molar-refractivity contribution is 6.19. The van der Waals surface area contributed by atoms with Gasteiger partial charge in [0.25, 0.3) is 0 Å². The maximum Gasteiger partial charge on any atom is 0.225 e. The van der Waals surface area contributed by atoms with E-state index >= 15 is 0 Å². The van der Waals surface area contributed by atoms with E-state index in [1.165, 1.54) is 0 Å². The minimum Gasteiger partial charge on any atom is -0.489 e. The average Bonchev–Trinajstić information content (AvgIpc) is 2.33. The summed E-state index contributed by atoms with van der Waals surface area (Å²) in [7, 11) is 1.61. The molecule has 0 fully saturated rings. The maximum absolute atomic E-state index is 11.5. The van der Waals surface area contributed by atoms with Gasteiger partial charge >= 0.3 is 0 Å². The highest BCUT2D eigenvalue weighted by Crippen LogP contribution is 2.25. The Morgan fingerprint density at radius 2 is 2.17 bits per heavy atom. The molecule has 1 aromatic carbocycles. The molecule has 0 atom stereocenters. The van der Waals surface area contributed by atoms with Crippen LogP contribution < -0.4 is 10.1 Å². The first-order valence-electron chi connectivity index (χ1n) is 5.75. The Morgan fingerprint density at radius 1 is 1.39 bits per heavy atom. The number of amides is 1. The normalized spacial score (nSPS) is 10.2. The Kier molecular flexibility index (Phi) is 6.54. The number of halogens is 1. The van der Waals surface area contributed by atoms with Crippen molar-refractivity contribution in [2.75, 3.05) is 31.5 Å². The molecular weight excluding hydrogens is 254 g/mol. The van der Waals surface area contributed by atoms with Crippen LogP contribution in [-0.4, -0.2) is 32.1 Å². The summed E-state index contributed by atoms with van der Waals surface area (Å²) in [4.78, 5) is 11.5. The summed E-state index contributed by atoms with van der Waals surface area (Å²) in [5.74, 6) is 0.831. The van der Waals surface area contributed by atoms with Gasteiger partial charge in [-0.3, -0.25) is 4.79 Å². The molecular formula is C13H18ClNO3. The van der Waals surface area contributed by atoms with Crippen LogP contribution in [0.2, 0.25) is 0 Å². The van der Waals surface area contributed by atoms with Crippen molar-refractivity contribution in [3.63, 3.8) is 0 Å². The molecule has 1 aromatic rings. The van der Waals surface area contributed by atoms with Gasteiger partial charge < -0.3 is 14.8 Å². The van der Waals surface area contributed by atoms with E-state index in [-0.39, 0.29) is 12.3 Å². The maximum atomic E-state index is 11.5. The Labute approximate surface area is 112 Å². The van der Waals surface area contributed by atoms with Gasteiger partial charge in [0.1, 0.15) is 12.4 Å². The molecule has 0 bridgehead atoms. The van der Waals surface area contributed by atoms with Gasteiger partial charge in [0.05, 0.1) is 12.3 Å². The number of hydrogen-bond donors (Lipinski definition) is 1. The molecule has 1 amide bonds. The van der Waals surface area contributed by atoms with E-state index < -0.39 is 0 Å². The van der Waals surface area contributed by atoms with Crippen molar-refractivity contribution in [2.24, 2.45) is 0 Å². The van der Waals surface area contributed by atoms with E-state index in [0.717, 1.165) is 5.56 Å². The molecule has 18 heavy (non-hydrogen) atoms. The predicted molar refractivity (Wildman–Crippen MR) is 72.5 cm³/mol. The third-order valence-corrected chi connectivity index (χ3v) is 2.47. The molecule has 4 nitrogen and oxygen atoms in total. The highest BCUT2D eigenvalue weighted by Gasteiger charge is 2.08. The molecule has 0 saturated carbocycles. The number of rotatable bonds is 7. The number of carbonyl (C=O) groups is 1. The minimum atomic E-state index is -0.120. The first-order chi connectivity index (χ1) is 8.67. The smallest absolute Gasteiger partial charge is 0.225 e. The van der Waals surface area contributed by atoms with E-state index in [0.29, 0.717) is 30.5 Å². The molecule has 0 radical (unpaired) electrons. The molecule has 0 unspecified atom stereocenters. The first kappa shape index (κ1) is 14.8. The van der Waals surface area contributed by atoms with Crippen molar-refractivity contribution in [1.82, 2.24) is 0 Å². The van der Waals surface area contributed by atoms with Crippen LogP contribution in [0.15, 0.2) is 18.2 Å². The van der Waals surface area contributed by atoms with E-state index in [9.17, 15) is 4.79 Å². The summed E-state index contributed by atoms with van der Waals surface area (Å²) >= 11 is 5.52. The van der Waals surface area contributed by atoms with Gasteiger partial charge in [-0.1, -0.05) is 6.07 Å². The molecule has 0 heterocycles. The minimum absolute atomic E-state index is 0.120. The molecule has 1 N–H and O–H groups in total. The highest BCUT2D eigenvalue weighted by atomic mass is 35.5. The summed E-state index contributed by atoms with van der Waals surface area (Å²) in [5.41, 5.74) is 1.73. The lowest BCUT2D eigenvalue weighted by atomic mass is 10.2. The van der Waals surface area contributed by atoms with E-state index in [1.54, 1.807) is 7.11 Å². The Balaban J connectivity index is 2.72. The first-order valence-corrected chi connectivity index (χ1v) is 6.29. The van der Waals surface area contributed by atoms with Gasteiger partial charge in [-0.15, -0.1) is 11.6 Å². The number of carbonyl (C=O) groups excluding carboxylic acids is 1. The summed E-state index contributed by atoms with van der Waals surface area (Å²) in [6, 6.07) is 5.62. The average molecular weight is 272 g/mol. The monoisotopic (exact) mass is 271 g/mol. The molecule has 100 valence electrons. The second-order valence-electron chi connectivity index (χ2n) is 3.83. The van der Waals surface area contributed by atoms with Crippen molar-refractivity contribution < 1.29 is 14.3 Å². The Bertz CT molecular complexity index is 396.